The lowest BCUT2D eigenvalue weighted by Gasteiger charge is -2.36. The molecule has 0 aromatic heterocycles. The van der Waals surface area contributed by atoms with E-state index < -0.39 is 0 Å². The molecule has 98 valence electrons. The minimum atomic E-state index is -0.171. The predicted octanol–water partition coefficient (Wildman–Crippen LogP) is 1.80. The number of hydrogen-bond acceptors (Lipinski definition) is 3. The number of likely N-dealkylation sites (tertiary alicyclic amines) is 1. The Labute approximate surface area is 108 Å². The van der Waals surface area contributed by atoms with E-state index >= 15 is 0 Å². The van der Waals surface area contributed by atoms with Crippen LogP contribution in [0, 0.1) is 0 Å². The van der Waals surface area contributed by atoms with Crippen LogP contribution in [0.25, 0.3) is 0 Å². The number of aliphatic hydroxyl groups excluding tert-OH is 1. The number of ether oxygens (including phenoxy) is 1. The van der Waals surface area contributed by atoms with E-state index in [4.69, 9.17) is 4.74 Å². The average molecular weight is 247 g/mol. The normalized spacial score (nSPS) is 33.1. The molecule has 3 heteroatoms. The molecule has 0 saturated carbocycles. The molecule has 2 heterocycles. The van der Waals surface area contributed by atoms with E-state index in [-0.39, 0.29) is 11.7 Å². The highest BCUT2D eigenvalue weighted by Gasteiger charge is 2.42. The van der Waals surface area contributed by atoms with Crippen molar-refractivity contribution in [2.24, 2.45) is 0 Å². The molecule has 1 spiro atoms. The Morgan fingerprint density at radius 1 is 1.33 bits per heavy atom. The summed E-state index contributed by atoms with van der Waals surface area (Å²) in [7, 11) is 0. The molecule has 0 aliphatic carbocycles. The van der Waals surface area contributed by atoms with Crippen LogP contribution in [0.1, 0.15) is 24.8 Å². The standard InChI is InChI=1S/C15H21NO2/c17-14-6-9-18-15(10-14)7-8-16(12-15)11-13-4-2-1-3-5-13/h1-5,14,17H,6-12H2. The second kappa shape index (κ2) is 5.00. The van der Waals surface area contributed by atoms with Crippen molar-refractivity contribution in [3.05, 3.63) is 35.9 Å². The van der Waals surface area contributed by atoms with Gasteiger partial charge in [0.25, 0.3) is 0 Å². The molecule has 18 heavy (non-hydrogen) atoms. The van der Waals surface area contributed by atoms with E-state index in [2.05, 4.69) is 35.2 Å². The van der Waals surface area contributed by atoms with Gasteiger partial charge in [-0.1, -0.05) is 30.3 Å². The van der Waals surface area contributed by atoms with Crippen molar-refractivity contribution in [2.45, 2.75) is 37.5 Å². The maximum absolute atomic E-state index is 9.81. The summed E-state index contributed by atoms with van der Waals surface area (Å²) in [6, 6.07) is 10.6. The molecule has 2 fully saturated rings. The molecule has 0 amide bonds. The Morgan fingerprint density at radius 3 is 2.94 bits per heavy atom. The molecule has 3 nitrogen and oxygen atoms in total. The maximum Gasteiger partial charge on any atom is 0.0845 e. The van der Waals surface area contributed by atoms with Crippen LogP contribution in [0.2, 0.25) is 0 Å². The fourth-order valence-corrected chi connectivity index (χ4v) is 3.19. The Kier molecular flexibility index (Phi) is 3.37. The predicted molar refractivity (Wildman–Crippen MR) is 70.3 cm³/mol. The zero-order valence-electron chi connectivity index (χ0n) is 10.7. The van der Waals surface area contributed by atoms with Crippen molar-refractivity contribution in [1.29, 1.82) is 0 Å². The Balaban J connectivity index is 1.61. The molecule has 2 aliphatic heterocycles. The van der Waals surface area contributed by atoms with Crippen LogP contribution in [0.15, 0.2) is 30.3 Å². The molecule has 2 atom stereocenters. The van der Waals surface area contributed by atoms with Crippen molar-refractivity contribution in [3.8, 4) is 0 Å². The lowest BCUT2D eigenvalue weighted by Crippen LogP contribution is -2.44. The molecule has 2 saturated heterocycles. The number of rotatable bonds is 2. The zero-order chi connectivity index (χ0) is 12.4. The first-order chi connectivity index (χ1) is 8.76. The van der Waals surface area contributed by atoms with Gasteiger partial charge in [0.1, 0.15) is 0 Å². The van der Waals surface area contributed by atoms with Gasteiger partial charge in [-0.25, -0.2) is 0 Å². The Bertz CT molecular complexity index is 395. The van der Waals surface area contributed by atoms with Crippen LogP contribution in [0.3, 0.4) is 0 Å². The van der Waals surface area contributed by atoms with Crippen LogP contribution in [0.4, 0.5) is 0 Å². The van der Waals surface area contributed by atoms with Crippen molar-refractivity contribution in [3.63, 3.8) is 0 Å². The molecule has 2 aliphatic rings. The lowest BCUT2D eigenvalue weighted by molar-refractivity contribution is -0.110. The van der Waals surface area contributed by atoms with E-state index in [0.717, 1.165) is 38.9 Å². The molecule has 2 unspecified atom stereocenters. The smallest absolute Gasteiger partial charge is 0.0845 e. The van der Waals surface area contributed by atoms with Gasteiger partial charge >= 0.3 is 0 Å². The molecule has 0 bridgehead atoms. The third-order valence-corrected chi connectivity index (χ3v) is 4.11. The minimum absolute atomic E-state index is 0.0769. The number of benzene rings is 1. The van der Waals surface area contributed by atoms with E-state index in [1.165, 1.54) is 5.56 Å². The van der Waals surface area contributed by atoms with Crippen molar-refractivity contribution in [1.82, 2.24) is 4.90 Å². The zero-order valence-corrected chi connectivity index (χ0v) is 10.7. The summed E-state index contributed by atoms with van der Waals surface area (Å²) >= 11 is 0. The van der Waals surface area contributed by atoms with E-state index in [1.807, 2.05) is 0 Å². The molecular formula is C15H21NO2. The topological polar surface area (TPSA) is 32.7 Å². The van der Waals surface area contributed by atoms with Gasteiger partial charge in [-0.3, -0.25) is 4.90 Å². The van der Waals surface area contributed by atoms with Gasteiger partial charge < -0.3 is 9.84 Å². The van der Waals surface area contributed by atoms with Gasteiger partial charge in [0, 0.05) is 32.7 Å². The van der Waals surface area contributed by atoms with Crippen LogP contribution >= 0.6 is 0 Å². The van der Waals surface area contributed by atoms with Crippen molar-refractivity contribution in [2.75, 3.05) is 19.7 Å². The van der Waals surface area contributed by atoms with Gasteiger partial charge in [0.15, 0.2) is 0 Å². The fourth-order valence-electron chi connectivity index (χ4n) is 3.19. The summed E-state index contributed by atoms with van der Waals surface area (Å²) in [5.74, 6) is 0. The first-order valence-corrected chi connectivity index (χ1v) is 6.84. The van der Waals surface area contributed by atoms with Crippen LogP contribution in [-0.2, 0) is 11.3 Å². The second-order valence-electron chi connectivity index (χ2n) is 5.62. The van der Waals surface area contributed by atoms with Crippen molar-refractivity contribution < 1.29 is 9.84 Å². The molecule has 1 aromatic rings. The molecule has 1 N–H and O–H groups in total. The summed E-state index contributed by atoms with van der Waals surface area (Å²) in [6.07, 6.45) is 2.48. The lowest BCUT2D eigenvalue weighted by atomic mass is 9.91. The minimum Gasteiger partial charge on any atom is -0.393 e. The van der Waals surface area contributed by atoms with Gasteiger partial charge in [-0.05, 0) is 18.4 Å². The third kappa shape index (κ3) is 2.58. The molecule has 0 radical (unpaired) electrons. The monoisotopic (exact) mass is 247 g/mol. The largest absolute Gasteiger partial charge is 0.393 e. The van der Waals surface area contributed by atoms with Gasteiger partial charge in [0.2, 0.25) is 0 Å². The number of nitrogens with zero attached hydrogens (tertiary/aromatic N) is 1. The average Bonchev–Trinajstić information content (AvgIpc) is 2.73. The highest BCUT2D eigenvalue weighted by Crippen LogP contribution is 2.34. The second-order valence-corrected chi connectivity index (χ2v) is 5.62. The number of hydrogen-bond donors (Lipinski definition) is 1. The Hall–Kier alpha value is -0.900. The Morgan fingerprint density at radius 2 is 2.17 bits per heavy atom. The third-order valence-electron chi connectivity index (χ3n) is 4.11. The van der Waals surface area contributed by atoms with Crippen LogP contribution < -0.4 is 0 Å². The summed E-state index contributed by atoms with van der Waals surface area (Å²) in [5.41, 5.74) is 1.28. The quantitative estimate of drug-likeness (QED) is 0.865. The maximum atomic E-state index is 9.81. The highest BCUT2D eigenvalue weighted by atomic mass is 16.5. The molecule has 1 aromatic carbocycles. The summed E-state index contributed by atoms with van der Waals surface area (Å²) in [6.45, 7) is 3.73. The summed E-state index contributed by atoms with van der Waals surface area (Å²) in [5, 5.41) is 9.81. The van der Waals surface area contributed by atoms with E-state index in [1.54, 1.807) is 0 Å². The summed E-state index contributed by atoms with van der Waals surface area (Å²) < 4.78 is 5.96. The molecular weight excluding hydrogens is 226 g/mol. The first kappa shape index (κ1) is 12.2. The summed E-state index contributed by atoms with van der Waals surface area (Å²) in [4.78, 5) is 2.44. The number of aliphatic hydroxyl groups is 1. The highest BCUT2D eigenvalue weighted by molar-refractivity contribution is 5.15. The van der Waals surface area contributed by atoms with Gasteiger partial charge in [-0.15, -0.1) is 0 Å². The van der Waals surface area contributed by atoms with Crippen LogP contribution in [-0.4, -0.2) is 41.4 Å². The van der Waals surface area contributed by atoms with Crippen molar-refractivity contribution >= 4 is 0 Å². The van der Waals surface area contributed by atoms with Gasteiger partial charge in [-0.2, -0.15) is 0 Å². The van der Waals surface area contributed by atoms with Gasteiger partial charge in [0.05, 0.1) is 11.7 Å². The van der Waals surface area contributed by atoms with E-state index in [9.17, 15) is 5.11 Å². The SMILES string of the molecule is OC1CCOC2(CCN(Cc3ccccc3)C2)C1. The fraction of sp³-hybridized carbons (Fsp3) is 0.600. The van der Waals surface area contributed by atoms with E-state index in [0.29, 0.717) is 6.61 Å². The molecule has 3 rings (SSSR count). The first-order valence-electron chi connectivity index (χ1n) is 6.84. The van der Waals surface area contributed by atoms with Crippen LogP contribution in [0.5, 0.6) is 0 Å².